The average molecular weight is 150 g/mol. The van der Waals surface area contributed by atoms with Crippen molar-refractivity contribution >= 4 is 11.6 Å². The Morgan fingerprint density at radius 1 is 1.67 bits per heavy atom. The summed E-state index contributed by atoms with van der Waals surface area (Å²) in [6.07, 6.45) is 0. The third kappa shape index (κ3) is 2.15. The first-order valence-electron chi connectivity index (χ1n) is 3.03. The first-order chi connectivity index (χ1) is 4.06. The Balaban J connectivity index is 3.92. The molecule has 9 heavy (non-hydrogen) atoms. The highest BCUT2D eigenvalue weighted by Crippen LogP contribution is 2.20. The van der Waals surface area contributed by atoms with Crippen LogP contribution in [0.15, 0.2) is 0 Å². The highest BCUT2D eigenvalue weighted by molar-refractivity contribution is 6.18. The second kappa shape index (κ2) is 3.43. The number of hydrogen-bond donors (Lipinski definition) is 0. The lowest BCUT2D eigenvalue weighted by atomic mass is 9.95. The van der Waals surface area contributed by atoms with Gasteiger partial charge in [0.25, 0.3) is 0 Å². The van der Waals surface area contributed by atoms with Gasteiger partial charge in [-0.05, 0) is 12.8 Å². The molecule has 0 fully saturated rings. The summed E-state index contributed by atoms with van der Waals surface area (Å²) in [4.78, 5) is 0. The van der Waals surface area contributed by atoms with Gasteiger partial charge in [0.1, 0.15) is 0 Å². The Kier molecular flexibility index (Phi) is 3.52. The number of methoxy groups -OCH3 is 1. The van der Waals surface area contributed by atoms with Gasteiger partial charge in [-0.1, -0.05) is 13.8 Å². The summed E-state index contributed by atoms with van der Waals surface area (Å²) in [6, 6.07) is 0. The second-order valence-electron chi connectivity index (χ2n) is 2.56. The van der Waals surface area contributed by atoms with E-state index in [4.69, 9.17) is 16.3 Å². The Morgan fingerprint density at radius 3 is 2.11 bits per heavy atom. The first kappa shape index (κ1) is 9.25. The van der Waals surface area contributed by atoms with Crippen LogP contribution in [0.1, 0.15) is 13.8 Å². The van der Waals surface area contributed by atoms with Crippen LogP contribution in [0.5, 0.6) is 0 Å². The molecule has 0 aromatic heterocycles. The molecule has 0 aliphatic heterocycles. The van der Waals surface area contributed by atoms with Gasteiger partial charge in [0.05, 0.1) is 11.5 Å². The molecule has 0 spiro atoms. The van der Waals surface area contributed by atoms with E-state index in [0.29, 0.717) is 11.8 Å². The van der Waals surface area contributed by atoms with Crippen LogP contribution in [0.25, 0.3) is 0 Å². The van der Waals surface area contributed by atoms with Gasteiger partial charge in [-0.2, -0.15) is 0 Å². The molecule has 0 heterocycles. The molecule has 0 bridgehead atoms. The van der Waals surface area contributed by atoms with Crippen LogP contribution in [0, 0.1) is 12.8 Å². The molecule has 1 unspecified atom stereocenters. The fourth-order valence-corrected chi connectivity index (χ4v) is 0.862. The molecular weight excluding hydrogens is 136 g/mol. The zero-order valence-electron chi connectivity index (χ0n) is 6.28. The van der Waals surface area contributed by atoms with Gasteiger partial charge in [-0.3, -0.25) is 0 Å². The van der Waals surface area contributed by atoms with Crippen molar-refractivity contribution in [3.8, 4) is 0 Å². The van der Waals surface area contributed by atoms with E-state index in [1.807, 2.05) is 13.8 Å². The maximum atomic E-state index is 5.62. The fourth-order valence-electron chi connectivity index (χ4n) is 0.445. The van der Waals surface area contributed by atoms with Gasteiger partial charge in [-0.25, -0.2) is 0 Å². The highest BCUT2D eigenvalue weighted by Gasteiger charge is 2.26. The molecule has 2 heteroatoms. The summed E-state index contributed by atoms with van der Waals surface area (Å²) in [5, 5.41) is 0. The lowest BCUT2D eigenvalue weighted by Crippen LogP contribution is -2.35. The van der Waals surface area contributed by atoms with Crippen LogP contribution in [-0.4, -0.2) is 18.6 Å². The van der Waals surface area contributed by atoms with Crippen molar-refractivity contribution in [1.82, 2.24) is 0 Å². The Hall–Kier alpha value is 0.250. The van der Waals surface area contributed by atoms with Gasteiger partial charge >= 0.3 is 0 Å². The largest absolute Gasteiger partial charge is 0.377 e. The zero-order chi connectivity index (χ0) is 7.49. The molecule has 0 rings (SSSR count). The number of rotatable bonds is 3. The van der Waals surface area contributed by atoms with Gasteiger partial charge in [-0.15, -0.1) is 11.6 Å². The Bertz CT molecular complexity index is 77.0. The summed E-state index contributed by atoms with van der Waals surface area (Å²) in [5.74, 6) is 0.807. The van der Waals surface area contributed by atoms with E-state index in [0.717, 1.165) is 0 Å². The normalized spacial score (nSPS) is 18.0. The topological polar surface area (TPSA) is 9.23 Å². The van der Waals surface area contributed by atoms with Gasteiger partial charge in [0, 0.05) is 7.11 Å². The van der Waals surface area contributed by atoms with Crippen LogP contribution in [0.4, 0.5) is 0 Å². The van der Waals surface area contributed by atoms with E-state index in [1.54, 1.807) is 7.11 Å². The van der Waals surface area contributed by atoms with Crippen molar-refractivity contribution in [1.29, 1.82) is 0 Å². The van der Waals surface area contributed by atoms with Crippen molar-refractivity contribution in [2.24, 2.45) is 5.92 Å². The average Bonchev–Trinajstić information content (AvgIpc) is 1.86. The van der Waals surface area contributed by atoms with E-state index in [2.05, 4.69) is 6.92 Å². The lowest BCUT2D eigenvalue weighted by molar-refractivity contribution is 0.0106. The van der Waals surface area contributed by atoms with Crippen LogP contribution < -0.4 is 0 Å². The van der Waals surface area contributed by atoms with Crippen LogP contribution in [-0.2, 0) is 4.74 Å². The van der Waals surface area contributed by atoms with Gasteiger partial charge < -0.3 is 4.74 Å². The molecule has 0 aliphatic rings. The number of halogens is 1. The van der Waals surface area contributed by atoms with E-state index in [-0.39, 0.29) is 0 Å². The van der Waals surface area contributed by atoms with E-state index < -0.39 is 5.60 Å². The molecule has 0 aromatic carbocycles. The van der Waals surface area contributed by atoms with Crippen molar-refractivity contribution in [3.63, 3.8) is 0 Å². The molecule has 0 N–H and O–H groups in total. The van der Waals surface area contributed by atoms with Crippen LogP contribution in [0.3, 0.4) is 0 Å². The molecule has 0 saturated carbocycles. The quantitative estimate of drug-likeness (QED) is 0.559. The highest BCUT2D eigenvalue weighted by atomic mass is 35.5. The monoisotopic (exact) mass is 149 g/mol. The van der Waals surface area contributed by atoms with Crippen molar-refractivity contribution in [2.75, 3.05) is 13.0 Å². The zero-order valence-corrected chi connectivity index (χ0v) is 7.03. The summed E-state index contributed by atoms with van der Waals surface area (Å²) >= 11 is 5.62. The predicted molar refractivity (Wildman–Crippen MR) is 40.7 cm³/mol. The molecule has 0 aromatic rings. The summed E-state index contributed by atoms with van der Waals surface area (Å²) in [7, 11) is 1.63. The molecule has 0 aliphatic carbocycles. The van der Waals surface area contributed by atoms with Crippen LogP contribution >= 0.6 is 11.6 Å². The smallest absolute Gasteiger partial charge is 0.0837 e. The Morgan fingerprint density at radius 2 is 2.11 bits per heavy atom. The number of alkyl halides is 1. The minimum absolute atomic E-state index is 0.361. The molecule has 0 amide bonds. The van der Waals surface area contributed by atoms with Gasteiger partial charge in [0.15, 0.2) is 0 Å². The minimum Gasteiger partial charge on any atom is -0.377 e. The maximum absolute atomic E-state index is 5.62. The minimum atomic E-state index is -0.401. The Labute approximate surface area is 62.3 Å². The summed E-state index contributed by atoms with van der Waals surface area (Å²) < 4.78 is 5.11. The molecule has 1 nitrogen and oxygen atoms in total. The SMILES string of the molecule is [CH2]C(CCl)(OC)C(C)C. The van der Waals surface area contributed by atoms with Crippen molar-refractivity contribution in [2.45, 2.75) is 19.4 Å². The molecule has 55 valence electrons. The summed E-state index contributed by atoms with van der Waals surface area (Å²) in [5.41, 5.74) is -0.401. The lowest BCUT2D eigenvalue weighted by Gasteiger charge is -2.29. The van der Waals surface area contributed by atoms with E-state index in [9.17, 15) is 0 Å². The van der Waals surface area contributed by atoms with Crippen molar-refractivity contribution in [3.05, 3.63) is 6.92 Å². The standard InChI is InChI=1S/C7H14ClO/c1-6(2)7(3,5-8)9-4/h6H,3,5H2,1-2,4H3. The number of hydrogen-bond acceptors (Lipinski definition) is 1. The predicted octanol–water partition coefficient (Wildman–Crippen LogP) is 2.10. The maximum Gasteiger partial charge on any atom is 0.0837 e. The fraction of sp³-hybridized carbons (Fsp3) is 0.857. The van der Waals surface area contributed by atoms with E-state index in [1.165, 1.54) is 0 Å². The first-order valence-corrected chi connectivity index (χ1v) is 3.56. The number of ether oxygens (including phenoxy) is 1. The molecular formula is C7H14ClO. The van der Waals surface area contributed by atoms with Gasteiger partial charge in [0.2, 0.25) is 0 Å². The molecule has 0 saturated heterocycles. The van der Waals surface area contributed by atoms with Crippen LogP contribution in [0.2, 0.25) is 0 Å². The third-order valence-electron chi connectivity index (χ3n) is 1.68. The van der Waals surface area contributed by atoms with E-state index >= 15 is 0 Å². The second-order valence-corrected chi connectivity index (χ2v) is 2.82. The molecule has 1 radical (unpaired) electrons. The summed E-state index contributed by atoms with van der Waals surface area (Å²) in [6.45, 7) is 7.93. The molecule has 1 atom stereocenters. The van der Waals surface area contributed by atoms with Crippen molar-refractivity contribution < 1.29 is 4.74 Å². The third-order valence-corrected chi connectivity index (χ3v) is 2.14.